The minimum atomic E-state index is -0.473. The number of anilines is 1. The molecule has 2 rings (SSSR count). The zero-order valence-corrected chi connectivity index (χ0v) is 11.8. The van der Waals surface area contributed by atoms with E-state index in [2.05, 4.69) is 26.6 Å². The first kappa shape index (κ1) is 14.0. The molecule has 0 radical (unpaired) electrons. The minimum absolute atomic E-state index is 0.0117. The molecular formula is C12H14BrN3O3. The lowest BCUT2D eigenvalue weighted by molar-refractivity contribution is -0.384. The SMILES string of the molecule is O=C(CC1CCCN1)Nc1ccc([N+](=O)[O-])cc1Br. The summed E-state index contributed by atoms with van der Waals surface area (Å²) in [6.45, 7) is 0.958. The number of non-ortho nitro benzene ring substituents is 1. The summed E-state index contributed by atoms with van der Waals surface area (Å²) in [4.78, 5) is 22.0. The van der Waals surface area contributed by atoms with Gasteiger partial charge in [0.05, 0.1) is 10.6 Å². The van der Waals surface area contributed by atoms with Crippen molar-refractivity contribution in [3.63, 3.8) is 0 Å². The topological polar surface area (TPSA) is 84.3 Å². The number of hydrogen-bond donors (Lipinski definition) is 2. The Morgan fingerprint density at radius 2 is 2.37 bits per heavy atom. The number of amides is 1. The maximum absolute atomic E-state index is 11.8. The second kappa shape index (κ2) is 6.12. The Balaban J connectivity index is 1.98. The van der Waals surface area contributed by atoms with E-state index in [1.54, 1.807) is 0 Å². The second-order valence-electron chi connectivity index (χ2n) is 4.47. The van der Waals surface area contributed by atoms with Crippen LogP contribution in [0.1, 0.15) is 19.3 Å². The van der Waals surface area contributed by atoms with Gasteiger partial charge in [0.25, 0.3) is 5.69 Å². The maximum Gasteiger partial charge on any atom is 0.270 e. The van der Waals surface area contributed by atoms with Gasteiger partial charge >= 0.3 is 0 Å². The molecule has 1 heterocycles. The Kier molecular flexibility index (Phi) is 4.49. The molecule has 0 spiro atoms. The highest BCUT2D eigenvalue weighted by Gasteiger charge is 2.18. The first-order valence-electron chi connectivity index (χ1n) is 6.03. The molecule has 1 aromatic carbocycles. The summed E-state index contributed by atoms with van der Waals surface area (Å²) in [5.74, 6) is -0.0889. The average Bonchev–Trinajstić information content (AvgIpc) is 2.84. The van der Waals surface area contributed by atoms with Crippen molar-refractivity contribution in [3.05, 3.63) is 32.8 Å². The van der Waals surface area contributed by atoms with E-state index < -0.39 is 4.92 Å². The molecule has 2 N–H and O–H groups in total. The average molecular weight is 328 g/mol. The van der Waals surface area contributed by atoms with Gasteiger partial charge in [0.15, 0.2) is 0 Å². The maximum atomic E-state index is 11.8. The van der Waals surface area contributed by atoms with Crippen molar-refractivity contribution in [2.45, 2.75) is 25.3 Å². The molecule has 1 amide bonds. The fraction of sp³-hybridized carbons (Fsp3) is 0.417. The van der Waals surface area contributed by atoms with E-state index in [4.69, 9.17) is 0 Å². The molecule has 6 nitrogen and oxygen atoms in total. The quantitative estimate of drug-likeness (QED) is 0.657. The normalized spacial score (nSPS) is 18.3. The van der Waals surface area contributed by atoms with Crippen molar-refractivity contribution >= 4 is 33.2 Å². The van der Waals surface area contributed by atoms with Crippen LogP contribution in [0.3, 0.4) is 0 Å². The summed E-state index contributed by atoms with van der Waals surface area (Å²) in [5, 5.41) is 16.6. The van der Waals surface area contributed by atoms with Crippen LogP contribution in [-0.2, 0) is 4.79 Å². The van der Waals surface area contributed by atoms with Crippen LogP contribution in [0.15, 0.2) is 22.7 Å². The fourth-order valence-electron chi connectivity index (χ4n) is 2.07. The van der Waals surface area contributed by atoms with Crippen molar-refractivity contribution in [1.82, 2.24) is 5.32 Å². The molecule has 0 saturated carbocycles. The van der Waals surface area contributed by atoms with E-state index in [1.807, 2.05) is 0 Å². The third-order valence-electron chi connectivity index (χ3n) is 3.03. The van der Waals surface area contributed by atoms with Gasteiger partial charge in [-0.15, -0.1) is 0 Å². The van der Waals surface area contributed by atoms with Crippen LogP contribution in [0.2, 0.25) is 0 Å². The number of rotatable bonds is 4. The van der Waals surface area contributed by atoms with E-state index in [-0.39, 0.29) is 17.6 Å². The van der Waals surface area contributed by atoms with Gasteiger partial charge in [0.2, 0.25) is 5.91 Å². The molecule has 1 aliphatic heterocycles. The number of carbonyl (C=O) groups is 1. The van der Waals surface area contributed by atoms with Crippen LogP contribution in [0.5, 0.6) is 0 Å². The number of carbonyl (C=O) groups excluding carboxylic acids is 1. The summed E-state index contributed by atoms with van der Waals surface area (Å²) in [5.41, 5.74) is 0.538. The highest BCUT2D eigenvalue weighted by Crippen LogP contribution is 2.27. The number of halogens is 1. The predicted molar refractivity (Wildman–Crippen MR) is 75.1 cm³/mol. The zero-order chi connectivity index (χ0) is 13.8. The molecule has 19 heavy (non-hydrogen) atoms. The zero-order valence-electron chi connectivity index (χ0n) is 10.2. The standard InChI is InChI=1S/C12H14BrN3O3/c13-10-7-9(16(18)19)3-4-11(10)15-12(17)6-8-2-1-5-14-8/h3-4,7-8,14H,1-2,5-6H2,(H,15,17). The molecule has 0 aliphatic carbocycles. The van der Waals surface area contributed by atoms with Crippen LogP contribution in [0, 0.1) is 10.1 Å². The van der Waals surface area contributed by atoms with E-state index in [0.717, 1.165) is 19.4 Å². The molecule has 7 heteroatoms. The van der Waals surface area contributed by atoms with Crippen molar-refractivity contribution in [2.24, 2.45) is 0 Å². The molecule has 1 fully saturated rings. The van der Waals surface area contributed by atoms with Gasteiger partial charge in [0, 0.05) is 29.1 Å². The van der Waals surface area contributed by atoms with Gasteiger partial charge in [-0.25, -0.2) is 0 Å². The van der Waals surface area contributed by atoms with Crippen molar-refractivity contribution in [3.8, 4) is 0 Å². The lowest BCUT2D eigenvalue weighted by Gasteiger charge is -2.11. The van der Waals surface area contributed by atoms with Crippen molar-refractivity contribution < 1.29 is 9.72 Å². The van der Waals surface area contributed by atoms with Crippen molar-refractivity contribution in [1.29, 1.82) is 0 Å². The van der Waals surface area contributed by atoms with Gasteiger partial charge < -0.3 is 10.6 Å². The van der Waals surface area contributed by atoms with Gasteiger partial charge in [-0.2, -0.15) is 0 Å². The van der Waals surface area contributed by atoms with Gasteiger partial charge in [0.1, 0.15) is 0 Å². The Morgan fingerprint density at radius 3 is 2.95 bits per heavy atom. The van der Waals surface area contributed by atoms with Crippen LogP contribution < -0.4 is 10.6 Å². The van der Waals surface area contributed by atoms with Crippen LogP contribution >= 0.6 is 15.9 Å². The number of hydrogen-bond acceptors (Lipinski definition) is 4. The van der Waals surface area contributed by atoms with Gasteiger partial charge in [-0.1, -0.05) is 0 Å². The first-order valence-corrected chi connectivity index (χ1v) is 6.83. The lowest BCUT2D eigenvalue weighted by atomic mass is 10.1. The predicted octanol–water partition coefficient (Wildman–Crippen LogP) is 2.44. The number of nitro benzene ring substituents is 1. The van der Waals surface area contributed by atoms with E-state index >= 15 is 0 Å². The van der Waals surface area contributed by atoms with Gasteiger partial charge in [-0.05, 0) is 41.4 Å². The molecule has 1 saturated heterocycles. The first-order chi connectivity index (χ1) is 9.06. The van der Waals surface area contributed by atoms with Crippen molar-refractivity contribution in [2.75, 3.05) is 11.9 Å². The fourth-order valence-corrected chi connectivity index (χ4v) is 2.54. The lowest BCUT2D eigenvalue weighted by Crippen LogP contribution is -2.27. The number of nitro groups is 1. The highest BCUT2D eigenvalue weighted by atomic mass is 79.9. The van der Waals surface area contributed by atoms with E-state index in [1.165, 1.54) is 18.2 Å². The molecule has 1 atom stereocenters. The summed E-state index contributed by atoms with van der Waals surface area (Å²) in [6.07, 6.45) is 2.53. The van der Waals surface area contributed by atoms with Crippen LogP contribution in [-0.4, -0.2) is 23.4 Å². The number of nitrogens with zero attached hydrogens (tertiary/aromatic N) is 1. The molecule has 1 aliphatic rings. The molecule has 1 unspecified atom stereocenters. The molecule has 0 bridgehead atoms. The van der Waals surface area contributed by atoms with E-state index in [9.17, 15) is 14.9 Å². The molecule has 1 aromatic rings. The monoisotopic (exact) mass is 327 g/mol. The third kappa shape index (κ3) is 3.74. The van der Waals surface area contributed by atoms with E-state index in [0.29, 0.717) is 16.6 Å². The Bertz CT molecular complexity index is 501. The third-order valence-corrected chi connectivity index (χ3v) is 3.69. The summed E-state index contributed by atoms with van der Waals surface area (Å²) >= 11 is 3.22. The Hall–Kier alpha value is -1.47. The Labute approximate surface area is 118 Å². The summed E-state index contributed by atoms with van der Waals surface area (Å²) in [6, 6.07) is 4.51. The second-order valence-corrected chi connectivity index (χ2v) is 5.32. The van der Waals surface area contributed by atoms with Crippen LogP contribution in [0.4, 0.5) is 11.4 Å². The Morgan fingerprint density at radius 1 is 1.58 bits per heavy atom. The summed E-state index contributed by atoms with van der Waals surface area (Å²) < 4.78 is 0.509. The number of benzene rings is 1. The molecule has 0 aromatic heterocycles. The largest absolute Gasteiger partial charge is 0.325 e. The molecular weight excluding hydrogens is 314 g/mol. The number of nitrogens with one attached hydrogen (secondary N) is 2. The minimum Gasteiger partial charge on any atom is -0.325 e. The summed E-state index contributed by atoms with van der Waals surface area (Å²) in [7, 11) is 0. The van der Waals surface area contributed by atoms with Gasteiger partial charge in [-0.3, -0.25) is 14.9 Å². The highest BCUT2D eigenvalue weighted by molar-refractivity contribution is 9.10. The van der Waals surface area contributed by atoms with Crippen LogP contribution in [0.25, 0.3) is 0 Å². The smallest absolute Gasteiger partial charge is 0.270 e. The molecule has 102 valence electrons.